The highest BCUT2D eigenvalue weighted by molar-refractivity contribution is 6.07. The highest BCUT2D eigenvalue weighted by Crippen LogP contribution is 2.39. The van der Waals surface area contributed by atoms with E-state index in [1.807, 2.05) is 6.07 Å². The predicted molar refractivity (Wildman–Crippen MR) is 111 cm³/mol. The minimum atomic E-state index is -0.365. The fourth-order valence-electron chi connectivity index (χ4n) is 2.94. The Kier molecular flexibility index (Phi) is 6.75. The van der Waals surface area contributed by atoms with Crippen LogP contribution >= 0.6 is 0 Å². The van der Waals surface area contributed by atoms with Crippen molar-refractivity contribution in [1.82, 2.24) is 0 Å². The minimum Gasteiger partial charge on any atom is -0.493 e. The molecule has 0 atom stereocenters. The molecule has 0 radical (unpaired) electrons. The molecule has 0 fully saturated rings. The van der Waals surface area contributed by atoms with Crippen LogP contribution in [0.3, 0.4) is 0 Å². The van der Waals surface area contributed by atoms with Gasteiger partial charge in [-0.15, -0.1) is 0 Å². The number of anilines is 1. The second kappa shape index (κ2) is 9.65. The highest BCUT2D eigenvalue weighted by Gasteiger charge is 2.20. The molecule has 1 N–H and O–H groups in total. The molecule has 156 valence electrons. The van der Waals surface area contributed by atoms with E-state index in [9.17, 15) is 9.18 Å². The number of carbonyl (C=O) groups excluding carboxylic acids is 1. The molecule has 0 bridgehead atoms. The van der Waals surface area contributed by atoms with Gasteiger partial charge in [0.15, 0.2) is 11.5 Å². The summed E-state index contributed by atoms with van der Waals surface area (Å²) in [6, 6.07) is 16.4. The van der Waals surface area contributed by atoms with Gasteiger partial charge < -0.3 is 24.3 Å². The normalized spacial score (nSPS) is 10.3. The zero-order chi connectivity index (χ0) is 21.5. The van der Waals surface area contributed by atoms with E-state index in [2.05, 4.69) is 5.32 Å². The topological polar surface area (TPSA) is 66.0 Å². The fraction of sp³-hybridized carbons (Fsp3) is 0.174. The maximum atomic E-state index is 13.3. The van der Waals surface area contributed by atoms with Crippen LogP contribution in [0.15, 0.2) is 60.7 Å². The molecule has 0 unspecified atom stereocenters. The van der Waals surface area contributed by atoms with Crippen molar-refractivity contribution < 1.29 is 28.1 Å². The molecule has 0 aliphatic heterocycles. The molecule has 0 aliphatic rings. The van der Waals surface area contributed by atoms with E-state index in [0.29, 0.717) is 28.5 Å². The monoisotopic (exact) mass is 411 g/mol. The Hall–Kier alpha value is -3.74. The average Bonchev–Trinajstić information content (AvgIpc) is 2.76. The molecule has 0 saturated carbocycles. The van der Waals surface area contributed by atoms with Crippen molar-refractivity contribution in [2.24, 2.45) is 0 Å². The summed E-state index contributed by atoms with van der Waals surface area (Å²) in [4.78, 5) is 12.8. The van der Waals surface area contributed by atoms with Gasteiger partial charge in [0.25, 0.3) is 5.91 Å². The third kappa shape index (κ3) is 4.81. The van der Waals surface area contributed by atoms with E-state index >= 15 is 0 Å². The molecule has 0 heterocycles. The van der Waals surface area contributed by atoms with E-state index in [0.717, 1.165) is 5.56 Å². The summed E-state index contributed by atoms with van der Waals surface area (Å²) in [6.07, 6.45) is 0. The van der Waals surface area contributed by atoms with E-state index < -0.39 is 0 Å². The fourth-order valence-corrected chi connectivity index (χ4v) is 2.94. The number of carbonyl (C=O) groups is 1. The average molecular weight is 411 g/mol. The molecule has 0 saturated heterocycles. The molecule has 3 aromatic rings. The van der Waals surface area contributed by atoms with Gasteiger partial charge in [-0.25, -0.2) is 4.39 Å². The van der Waals surface area contributed by atoms with Gasteiger partial charge in [-0.1, -0.05) is 18.2 Å². The zero-order valence-corrected chi connectivity index (χ0v) is 16.9. The number of amides is 1. The number of hydrogen-bond donors (Lipinski definition) is 1. The SMILES string of the molecule is COc1ccc(C(=O)Nc2cccc(COc3cccc(F)c3)c2)c(OC)c1OC. The van der Waals surface area contributed by atoms with Gasteiger partial charge in [-0.05, 0) is 42.0 Å². The number of rotatable bonds is 8. The van der Waals surface area contributed by atoms with Gasteiger partial charge in [-0.2, -0.15) is 0 Å². The van der Waals surface area contributed by atoms with Crippen LogP contribution < -0.4 is 24.3 Å². The van der Waals surface area contributed by atoms with Crippen LogP contribution in [-0.4, -0.2) is 27.2 Å². The lowest BCUT2D eigenvalue weighted by Crippen LogP contribution is -2.14. The van der Waals surface area contributed by atoms with Crippen molar-refractivity contribution in [2.45, 2.75) is 6.61 Å². The lowest BCUT2D eigenvalue weighted by molar-refractivity contribution is 0.102. The third-order valence-corrected chi connectivity index (χ3v) is 4.34. The zero-order valence-electron chi connectivity index (χ0n) is 16.9. The quantitative estimate of drug-likeness (QED) is 0.583. The van der Waals surface area contributed by atoms with E-state index in [-0.39, 0.29) is 24.1 Å². The summed E-state index contributed by atoms with van der Waals surface area (Å²) in [5.74, 6) is 0.778. The first kappa shape index (κ1) is 21.0. The van der Waals surface area contributed by atoms with Crippen molar-refractivity contribution in [3.63, 3.8) is 0 Å². The Morgan fingerprint density at radius 3 is 2.37 bits per heavy atom. The molecular weight excluding hydrogens is 389 g/mol. The molecular formula is C23H22FNO5. The van der Waals surface area contributed by atoms with Gasteiger partial charge in [0.05, 0.1) is 26.9 Å². The Morgan fingerprint density at radius 2 is 1.67 bits per heavy atom. The molecule has 7 heteroatoms. The maximum Gasteiger partial charge on any atom is 0.259 e. The molecule has 0 aliphatic carbocycles. The maximum absolute atomic E-state index is 13.3. The van der Waals surface area contributed by atoms with Crippen LogP contribution in [0.25, 0.3) is 0 Å². The second-order valence-electron chi connectivity index (χ2n) is 6.28. The number of methoxy groups -OCH3 is 3. The molecule has 6 nitrogen and oxygen atoms in total. The molecule has 3 aromatic carbocycles. The molecule has 30 heavy (non-hydrogen) atoms. The van der Waals surface area contributed by atoms with Crippen molar-refractivity contribution in [3.8, 4) is 23.0 Å². The van der Waals surface area contributed by atoms with Crippen LogP contribution in [0.5, 0.6) is 23.0 Å². The van der Waals surface area contributed by atoms with E-state index in [1.165, 1.54) is 33.5 Å². The molecule has 3 rings (SSSR count). The molecule has 0 spiro atoms. The van der Waals surface area contributed by atoms with E-state index in [4.69, 9.17) is 18.9 Å². The lowest BCUT2D eigenvalue weighted by atomic mass is 10.1. The Balaban J connectivity index is 1.75. The number of ether oxygens (including phenoxy) is 4. The standard InChI is InChI=1S/C23H22FNO5/c1-27-20-11-10-19(21(28-2)22(20)29-3)23(26)25-17-8-4-6-15(12-17)14-30-18-9-5-7-16(24)13-18/h4-13H,14H2,1-3H3,(H,25,26). The Bertz CT molecular complexity index is 1040. The van der Waals surface area contributed by atoms with Gasteiger partial charge >= 0.3 is 0 Å². The van der Waals surface area contributed by atoms with Crippen molar-refractivity contribution in [1.29, 1.82) is 0 Å². The minimum absolute atomic E-state index is 0.229. The Morgan fingerprint density at radius 1 is 0.900 bits per heavy atom. The molecule has 0 aromatic heterocycles. The van der Waals surface area contributed by atoms with Gasteiger partial charge in [-0.3, -0.25) is 4.79 Å². The summed E-state index contributed by atoms with van der Waals surface area (Å²) >= 11 is 0. The summed E-state index contributed by atoms with van der Waals surface area (Å²) < 4.78 is 34.8. The van der Waals surface area contributed by atoms with Gasteiger partial charge in [0.2, 0.25) is 5.75 Å². The van der Waals surface area contributed by atoms with Crippen LogP contribution in [0.1, 0.15) is 15.9 Å². The molecule has 1 amide bonds. The highest BCUT2D eigenvalue weighted by atomic mass is 19.1. The first-order valence-electron chi connectivity index (χ1n) is 9.13. The van der Waals surface area contributed by atoms with Crippen LogP contribution in [0.2, 0.25) is 0 Å². The van der Waals surface area contributed by atoms with Gasteiger partial charge in [0, 0.05) is 11.8 Å². The Labute approximate surface area is 174 Å². The first-order chi connectivity index (χ1) is 14.5. The van der Waals surface area contributed by atoms with Crippen LogP contribution in [0.4, 0.5) is 10.1 Å². The van der Waals surface area contributed by atoms with Crippen LogP contribution in [-0.2, 0) is 6.61 Å². The van der Waals surface area contributed by atoms with Crippen molar-refractivity contribution in [3.05, 3.63) is 77.6 Å². The summed E-state index contributed by atoms with van der Waals surface area (Å²) in [7, 11) is 4.44. The van der Waals surface area contributed by atoms with Gasteiger partial charge in [0.1, 0.15) is 18.2 Å². The third-order valence-electron chi connectivity index (χ3n) is 4.34. The van der Waals surface area contributed by atoms with E-state index in [1.54, 1.807) is 42.5 Å². The number of hydrogen-bond acceptors (Lipinski definition) is 5. The second-order valence-corrected chi connectivity index (χ2v) is 6.28. The lowest BCUT2D eigenvalue weighted by Gasteiger charge is -2.15. The summed E-state index contributed by atoms with van der Waals surface area (Å²) in [5, 5.41) is 2.84. The van der Waals surface area contributed by atoms with Crippen molar-refractivity contribution in [2.75, 3.05) is 26.6 Å². The number of nitrogens with one attached hydrogen (secondary N) is 1. The van der Waals surface area contributed by atoms with Crippen molar-refractivity contribution >= 4 is 11.6 Å². The van der Waals surface area contributed by atoms with Crippen LogP contribution in [0, 0.1) is 5.82 Å². The number of halogens is 1. The smallest absolute Gasteiger partial charge is 0.259 e. The largest absolute Gasteiger partial charge is 0.493 e. The predicted octanol–water partition coefficient (Wildman–Crippen LogP) is 4.68. The summed E-state index contributed by atoms with van der Waals surface area (Å²) in [6.45, 7) is 0.229. The summed E-state index contributed by atoms with van der Waals surface area (Å²) in [5.41, 5.74) is 1.70. The number of benzene rings is 3. The first-order valence-corrected chi connectivity index (χ1v) is 9.13.